The zero-order valence-corrected chi connectivity index (χ0v) is 19.3. The quantitative estimate of drug-likeness (QED) is 0.594. The van der Waals surface area contributed by atoms with Gasteiger partial charge in [0.25, 0.3) is 5.91 Å². The largest absolute Gasteiger partial charge is 0.342 e. The Balaban J connectivity index is 1.31. The number of hydrogen-bond donors (Lipinski definition) is 0. The van der Waals surface area contributed by atoms with Gasteiger partial charge in [-0.2, -0.15) is 0 Å². The van der Waals surface area contributed by atoms with Crippen LogP contribution in [0.5, 0.6) is 0 Å². The molecule has 0 unspecified atom stereocenters. The van der Waals surface area contributed by atoms with E-state index in [4.69, 9.17) is 4.98 Å². The molecule has 176 valence electrons. The van der Waals surface area contributed by atoms with Crippen LogP contribution in [-0.2, 0) is 4.79 Å². The molecule has 1 aromatic heterocycles. The van der Waals surface area contributed by atoms with E-state index in [0.29, 0.717) is 44.0 Å². The van der Waals surface area contributed by atoms with Gasteiger partial charge in [-0.05, 0) is 55.7 Å². The molecule has 3 aromatic rings. The van der Waals surface area contributed by atoms with Gasteiger partial charge in [0, 0.05) is 50.2 Å². The summed E-state index contributed by atoms with van der Waals surface area (Å²) in [5.74, 6) is -0.148. The van der Waals surface area contributed by atoms with Crippen molar-refractivity contribution >= 4 is 22.7 Å². The molecule has 5 rings (SSSR count). The Morgan fingerprint density at radius 2 is 1.53 bits per heavy atom. The average Bonchev–Trinajstić information content (AvgIpc) is 2.89. The number of piperazine rings is 1. The number of fused-ring (bicyclic) bond motifs is 1. The van der Waals surface area contributed by atoms with Gasteiger partial charge in [0.1, 0.15) is 5.82 Å². The summed E-state index contributed by atoms with van der Waals surface area (Å²) in [6.45, 7) is 4.67. The first-order valence-electron chi connectivity index (χ1n) is 12.0. The van der Waals surface area contributed by atoms with E-state index in [-0.39, 0.29) is 17.6 Å². The number of benzene rings is 2. The lowest BCUT2D eigenvalue weighted by Gasteiger charge is -2.36. The maximum atomic E-state index is 13.6. The number of aromatic nitrogens is 1. The number of nitrogens with zero attached hydrogens (tertiary/aromatic N) is 4. The van der Waals surface area contributed by atoms with Crippen LogP contribution < -0.4 is 0 Å². The predicted octanol–water partition coefficient (Wildman–Crippen LogP) is 3.81. The number of amides is 2. The Hall–Kier alpha value is -3.32. The SMILES string of the molecule is O=C(CN1CCN(C(=O)c2cc(-c3ccc(F)cc3)nc3ccccc23)CC1)N1CCCCC1. The van der Waals surface area contributed by atoms with Crippen molar-refractivity contribution in [3.8, 4) is 11.3 Å². The number of hydrogen-bond acceptors (Lipinski definition) is 4. The molecule has 0 radical (unpaired) electrons. The maximum Gasteiger partial charge on any atom is 0.254 e. The van der Waals surface area contributed by atoms with Crippen LogP contribution in [0.4, 0.5) is 4.39 Å². The highest BCUT2D eigenvalue weighted by Gasteiger charge is 2.26. The number of carbonyl (C=O) groups is 2. The number of pyridine rings is 1. The lowest BCUT2D eigenvalue weighted by molar-refractivity contribution is -0.133. The van der Waals surface area contributed by atoms with Gasteiger partial charge in [0.15, 0.2) is 0 Å². The molecule has 34 heavy (non-hydrogen) atoms. The van der Waals surface area contributed by atoms with Crippen molar-refractivity contribution in [2.45, 2.75) is 19.3 Å². The molecule has 0 atom stereocenters. The summed E-state index contributed by atoms with van der Waals surface area (Å²) in [5, 5.41) is 0.807. The summed E-state index contributed by atoms with van der Waals surface area (Å²) in [6, 6.07) is 15.6. The molecule has 0 N–H and O–H groups in total. The Labute approximate surface area is 199 Å². The number of para-hydroxylation sites is 1. The van der Waals surface area contributed by atoms with Crippen molar-refractivity contribution in [2.24, 2.45) is 0 Å². The Kier molecular flexibility index (Phi) is 6.54. The topological polar surface area (TPSA) is 56.8 Å². The predicted molar refractivity (Wildman–Crippen MR) is 130 cm³/mol. The lowest BCUT2D eigenvalue weighted by Crippen LogP contribution is -2.52. The maximum absolute atomic E-state index is 13.6. The highest BCUT2D eigenvalue weighted by atomic mass is 19.1. The second-order valence-corrected chi connectivity index (χ2v) is 9.09. The van der Waals surface area contributed by atoms with E-state index >= 15 is 0 Å². The summed E-state index contributed by atoms with van der Waals surface area (Å²) in [7, 11) is 0. The van der Waals surface area contributed by atoms with Crippen LogP contribution in [0.3, 0.4) is 0 Å². The second kappa shape index (κ2) is 9.89. The molecule has 0 saturated carbocycles. The van der Waals surface area contributed by atoms with Crippen LogP contribution in [0.25, 0.3) is 22.2 Å². The fourth-order valence-electron chi connectivity index (χ4n) is 4.83. The van der Waals surface area contributed by atoms with Crippen LogP contribution in [0, 0.1) is 5.82 Å². The standard InChI is InChI=1S/C27H29FN4O2/c28-21-10-8-20(9-11-21)25-18-23(22-6-2-3-7-24(22)29-25)27(34)32-16-14-30(15-17-32)19-26(33)31-12-4-1-5-13-31/h2-3,6-11,18H,1,4-5,12-17,19H2. The van der Waals surface area contributed by atoms with Crippen molar-refractivity contribution in [3.63, 3.8) is 0 Å². The summed E-state index contributed by atoms with van der Waals surface area (Å²) >= 11 is 0. The van der Waals surface area contributed by atoms with E-state index in [1.807, 2.05) is 40.1 Å². The van der Waals surface area contributed by atoms with Crippen LogP contribution >= 0.6 is 0 Å². The highest BCUT2D eigenvalue weighted by Crippen LogP contribution is 2.26. The van der Waals surface area contributed by atoms with Gasteiger partial charge in [-0.15, -0.1) is 0 Å². The van der Waals surface area contributed by atoms with E-state index in [1.165, 1.54) is 18.6 Å². The fraction of sp³-hybridized carbons (Fsp3) is 0.370. The van der Waals surface area contributed by atoms with Gasteiger partial charge >= 0.3 is 0 Å². The van der Waals surface area contributed by atoms with E-state index in [2.05, 4.69) is 4.90 Å². The molecule has 2 fully saturated rings. The molecule has 2 saturated heterocycles. The van der Waals surface area contributed by atoms with Crippen molar-refractivity contribution in [3.05, 3.63) is 66.0 Å². The molecule has 2 amide bonds. The third-order valence-corrected chi connectivity index (χ3v) is 6.81. The molecule has 7 heteroatoms. The number of halogens is 1. The minimum atomic E-state index is -0.308. The summed E-state index contributed by atoms with van der Waals surface area (Å²) in [5.41, 5.74) is 2.75. The van der Waals surface area contributed by atoms with Crippen LogP contribution in [0.1, 0.15) is 29.6 Å². The Bertz CT molecular complexity index is 1180. The number of rotatable bonds is 4. The van der Waals surface area contributed by atoms with Crippen molar-refractivity contribution in [2.75, 3.05) is 45.8 Å². The van der Waals surface area contributed by atoms with Gasteiger partial charge < -0.3 is 9.80 Å². The van der Waals surface area contributed by atoms with Gasteiger partial charge in [0.05, 0.1) is 23.3 Å². The minimum Gasteiger partial charge on any atom is -0.342 e. The zero-order valence-electron chi connectivity index (χ0n) is 19.3. The van der Waals surface area contributed by atoms with Gasteiger partial charge in [-0.25, -0.2) is 9.37 Å². The monoisotopic (exact) mass is 460 g/mol. The Morgan fingerprint density at radius 3 is 2.26 bits per heavy atom. The number of likely N-dealkylation sites (tertiary alicyclic amines) is 1. The number of carbonyl (C=O) groups excluding carboxylic acids is 2. The number of piperidine rings is 1. The molecule has 2 aliphatic heterocycles. The summed E-state index contributed by atoms with van der Waals surface area (Å²) < 4.78 is 13.4. The van der Waals surface area contributed by atoms with Crippen molar-refractivity contribution < 1.29 is 14.0 Å². The smallest absolute Gasteiger partial charge is 0.254 e. The van der Waals surface area contributed by atoms with E-state index in [1.54, 1.807) is 12.1 Å². The van der Waals surface area contributed by atoms with E-state index in [9.17, 15) is 14.0 Å². The molecule has 0 bridgehead atoms. The molecule has 6 nitrogen and oxygen atoms in total. The van der Waals surface area contributed by atoms with Crippen molar-refractivity contribution in [1.29, 1.82) is 0 Å². The van der Waals surface area contributed by atoms with Crippen molar-refractivity contribution in [1.82, 2.24) is 19.7 Å². The third kappa shape index (κ3) is 4.80. The zero-order chi connectivity index (χ0) is 23.5. The molecular weight excluding hydrogens is 431 g/mol. The van der Waals surface area contributed by atoms with E-state index < -0.39 is 0 Å². The normalized spacial score (nSPS) is 17.2. The van der Waals surface area contributed by atoms with Crippen LogP contribution in [0.2, 0.25) is 0 Å². The molecule has 0 spiro atoms. The minimum absolute atomic E-state index is 0.0380. The first kappa shape index (κ1) is 22.5. The highest BCUT2D eigenvalue weighted by molar-refractivity contribution is 6.07. The molecule has 2 aromatic carbocycles. The van der Waals surface area contributed by atoms with Gasteiger partial charge in [0.2, 0.25) is 5.91 Å². The Morgan fingerprint density at radius 1 is 0.824 bits per heavy atom. The molecule has 3 heterocycles. The average molecular weight is 461 g/mol. The lowest BCUT2D eigenvalue weighted by atomic mass is 10.0. The van der Waals surface area contributed by atoms with E-state index in [0.717, 1.165) is 42.4 Å². The first-order valence-corrected chi connectivity index (χ1v) is 12.0. The summed E-state index contributed by atoms with van der Waals surface area (Å²) in [6.07, 6.45) is 3.39. The fourth-order valence-corrected chi connectivity index (χ4v) is 4.83. The molecular formula is C27H29FN4O2. The molecule has 2 aliphatic rings. The van der Waals surface area contributed by atoms with Gasteiger partial charge in [-0.3, -0.25) is 14.5 Å². The second-order valence-electron chi connectivity index (χ2n) is 9.09. The third-order valence-electron chi connectivity index (χ3n) is 6.81. The molecule has 0 aliphatic carbocycles. The summed E-state index contributed by atoms with van der Waals surface area (Å²) in [4.78, 5) is 36.9. The van der Waals surface area contributed by atoms with Gasteiger partial charge in [-0.1, -0.05) is 18.2 Å². The van der Waals surface area contributed by atoms with Crippen LogP contribution in [-0.4, -0.2) is 77.3 Å². The van der Waals surface area contributed by atoms with Crippen LogP contribution in [0.15, 0.2) is 54.6 Å². The first-order chi connectivity index (χ1) is 16.6.